The molecule has 0 unspecified atom stereocenters. The Morgan fingerprint density at radius 2 is 0.936 bits per heavy atom. The Hall–Kier alpha value is -4.52. The summed E-state index contributed by atoms with van der Waals surface area (Å²) in [5.41, 5.74) is 1.68. The summed E-state index contributed by atoms with van der Waals surface area (Å²) in [4.78, 5) is 55.9. The molecule has 1 aliphatic heterocycles. The van der Waals surface area contributed by atoms with Crippen LogP contribution in [-0.4, -0.2) is 48.4 Å². The first kappa shape index (κ1) is 32.4. The number of rotatable bonds is 15. The monoisotopic (exact) mass is 633 g/mol. The van der Waals surface area contributed by atoms with Crippen molar-refractivity contribution in [3.63, 3.8) is 0 Å². The molecule has 2 amide bonds. The first-order valence-electron chi connectivity index (χ1n) is 17.3. The van der Waals surface area contributed by atoms with Gasteiger partial charge < -0.3 is 9.47 Å². The van der Waals surface area contributed by atoms with Gasteiger partial charge in [-0.05, 0) is 75.8 Å². The van der Waals surface area contributed by atoms with Gasteiger partial charge in [-0.15, -0.1) is 0 Å². The number of hydrogen-bond acceptors (Lipinski definition) is 6. The van der Waals surface area contributed by atoms with E-state index in [0.717, 1.165) is 77.3 Å². The standard InChI is InChI=1S/C40H43NO6/c1-4-7-10-11-12-13-22-41-37(42)29-18-14-25-27-16-20-31(39(44)46-23-8-5-2)36-32(40(45)47-24-9-6-3)21-17-28(34(27)36)26-15-19-30(38(41)43)35(29)33(25)26/h14-21H,4-13,22-24H2,1-3H3. The number of esters is 2. The van der Waals surface area contributed by atoms with E-state index in [1.807, 2.05) is 50.2 Å². The predicted octanol–water partition coefficient (Wildman–Crippen LogP) is 9.61. The van der Waals surface area contributed by atoms with Crippen LogP contribution in [0.2, 0.25) is 0 Å². The zero-order valence-corrected chi connectivity index (χ0v) is 27.7. The molecule has 7 nitrogen and oxygen atoms in total. The fourth-order valence-electron chi connectivity index (χ4n) is 7.00. The third-order valence-electron chi connectivity index (χ3n) is 9.49. The zero-order valence-electron chi connectivity index (χ0n) is 27.7. The normalized spacial score (nSPS) is 13.0. The molecule has 5 aromatic rings. The molecular formula is C40H43NO6. The maximum Gasteiger partial charge on any atom is 0.338 e. The van der Waals surface area contributed by atoms with Crippen molar-refractivity contribution in [1.82, 2.24) is 4.90 Å². The number of hydrogen-bond donors (Lipinski definition) is 0. The lowest BCUT2D eigenvalue weighted by Crippen LogP contribution is -2.40. The molecule has 0 aliphatic carbocycles. The smallest absolute Gasteiger partial charge is 0.338 e. The molecule has 1 heterocycles. The number of fused-ring (bicyclic) bond motifs is 2. The number of ether oxygens (including phenoxy) is 2. The van der Waals surface area contributed by atoms with Crippen molar-refractivity contribution < 1.29 is 28.7 Å². The van der Waals surface area contributed by atoms with Crippen molar-refractivity contribution in [1.29, 1.82) is 0 Å². The second kappa shape index (κ2) is 14.1. The molecule has 0 aromatic heterocycles. The van der Waals surface area contributed by atoms with E-state index in [1.165, 1.54) is 24.2 Å². The first-order chi connectivity index (χ1) is 22.9. The first-order valence-corrected chi connectivity index (χ1v) is 17.3. The van der Waals surface area contributed by atoms with Crippen LogP contribution < -0.4 is 0 Å². The van der Waals surface area contributed by atoms with Gasteiger partial charge in [-0.3, -0.25) is 14.5 Å². The van der Waals surface area contributed by atoms with E-state index >= 15 is 0 Å². The van der Waals surface area contributed by atoms with Crippen LogP contribution in [-0.2, 0) is 9.47 Å². The molecule has 0 fully saturated rings. The average molecular weight is 634 g/mol. The summed E-state index contributed by atoms with van der Waals surface area (Å²) in [6.07, 6.45) is 9.68. The van der Waals surface area contributed by atoms with Gasteiger partial charge in [0.25, 0.3) is 11.8 Å². The summed E-state index contributed by atoms with van der Waals surface area (Å²) < 4.78 is 11.3. The lowest BCUT2D eigenvalue weighted by molar-refractivity contribution is 0.0500. The van der Waals surface area contributed by atoms with Crippen molar-refractivity contribution in [2.24, 2.45) is 0 Å². The van der Waals surface area contributed by atoms with Gasteiger partial charge in [-0.25, -0.2) is 9.59 Å². The molecule has 0 N–H and O–H groups in total. The highest BCUT2D eigenvalue weighted by Gasteiger charge is 2.34. The van der Waals surface area contributed by atoms with Crippen molar-refractivity contribution in [2.45, 2.75) is 85.0 Å². The van der Waals surface area contributed by atoms with Gasteiger partial charge in [-0.2, -0.15) is 0 Å². The lowest BCUT2D eigenvalue weighted by Gasteiger charge is -2.28. The Morgan fingerprint density at radius 1 is 0.511 bits per heavy atom. The lowest BCUT2D eigenvalue weighted by atomic mass is 9.83. The second-order valence-electron chi connectivity index (χ2n) is 12.7. The largest absolute Gasteiger partial charge is 0.462 e. The van der Waals surface area contributed by atoms with Gasteiger partial charge in [0.2, 0.25) is 0 Å². The van der Waals surface area contributed by atoms with E-state index in [1.54, 1.807) is 12.1 Å². The van der Waals surface area contributed by atoms with E-state index in [4.69, 9.17) is 9.47 Å². The number of nitrogens with zero attached hydrogens (tertiary/aromatic N) is 1. The minimum Gasteiger partial charge on any atom is -0.462 e. The van der Waals surface area contributed by atoms with Crippen LogP contribution in [0.5, 0.6) is 0 Å². The Balaban J connectivity index is 1.51. The number of carbonyl (C=O) groups is 4. The second-order valence-corrected chi connectivity index (χ2v) is 12.7. The molecule has 47 heavy (non-hydrogen) atoms. The van der Waals surface area contributed by atoms with Crippen molar-refractivity contribution in [2.75, 3.05) is 19.8 Å². The van der Waals surface area contributed by atoms with Crippen molar-refractivity contribution >= 4 is 66.8 Å². The highest BCUT2D eigenvalue weighted by Crippen LogP contribution is 2.45. The predicted molar refractivity (Wildman–Crippen MR) is 187 cm³/mol. The van der Waals surface area contributed by atoms with E-state index < -0.39 is 11.9 Å². The van der Waals surface area contributed by atoms with Gasteiger partial charge in [-0.1, -0.05) is 90.0 Å². The minimum atomic E-state index is -0.484. The summed E-state index contributed by atoms with van der Waals surface area (Å²) in [5, 5.41) is 6.12. The molecule has 0 saturated heterocycles. The fourth-order valence-corrected chi connectivity index (χ4v) is 7.00. The van der Waals surface area contributed by atoms with Crippen molar-refractivity contribution in [3.05, 3.63) is 70.8 Å². The Kier molecular flexibility index (Phi) is 9.71. The molecule has 0 spiro atoms. The van der Waals surface area contributed by atoms with Crippen LogP contribution >= 0.6 is 0 Å². The summed E-state index contributed by atoms with van der Waals surface area (Å²) in [6.45, 7) is 7.24. The van der Waals surface area contributed by atoms with Crippen LogP contribution in [0.4, 0.5) is 0 Å². The maximum atomic E-state index is 13.8. The van der Waals surface area contributed by atoms with E-state index in [9.17, 15) is 19.2 Å². The van der Waals surface area contributed by atoms with Gasteiger partial charge >= 0.3 is 11.9 Å². The maximum absolute atomic E-state index is 13.8. The molecule has 244 valence electrons. The van der Waals surface area contributed by atoms with Crippen LogP contribution in [0.3, 0.4) is 0 Å². The van der Waals surface area contributed by atoms with E-state index in [0.29, 0.717) is 52.8 Å². The number of amides is 2. The third-order valence-corrected chi connectivity index (χ3v) is 9.49. The van der Waals surface area contributed by atoms with E-state index in [2.05, 4.69) is 6.92 Å². The molecule has 7 heteroatoms. The van der Waals surface area contributed by atoms with Gasteiger partial charge in [0.1, 0.15) is 0 Å². The highest BCUT2D eigenvalue weighted by atomic mass is 16.5. The van der Waals surface area contributed by atoms with Crippen molar-refractivity contribution in [3.8, 4) is 0 Å². The number of imide groups is 1. The van der Waals surface area contributed by atoms with Gasteiger partial charge in [0.15, 0.2) is 0 Å². The summed E-state index contributed by atoms with van der Waals surface area (Å²) >= 11 is 0. The van der Waals surface area contributed by atoms with E-state index in [-0.39, 0.29) is 11.8 Å². The third kappa shape index (κ3) is 5.81. The SMILES string of the molecule is CCCCCCCCN1C(=O)c2ccc3c4ccc(C(=O)OCCCC)c5c(C(=O)OCCCC)ccc(c6ccc(c2c36)C1=O)c54. The topological polar surface area (TPSA) is 90.0 Å². The molecule has 6 rings (SSSR count). The fraction of sp³-hybridized carbons (Fsp3) is 0.400. The molecule has 0 saturated carbocycles. The average Bonchev–Trinajstić information content (AvgIpc) is 3.08. The summed E-state index contributed by atoms with van der Waals surface area (Å²) in [6, 6.07) is 14.7. The van der Waals surface area contributed by atoms with Crippen LogP contribution in [0.25, 0.3) is 43.1 Å². The van der Waals surface area contributed by atoms with Gasteiger partial charge in [0, 0.05) is 28.4 Å². The van der Waals surface area contributed by atoms with Crippen LogP contribution in [0.1, 0.15) is 126 Å². The Bertz CT molecular complexity index is 1870. The quantitative estimate of drug-likeness (QED) is 0.0375. The van der Waals surface area contributed by atoms with Gasteiger partial charge in [0.05, 0.1) is 24.3 Å². The highest BCUT2D eigenvalue weighted by molar-refractivity contribution is 6.39. The molecule has 1 aliphatic rings. The molecular weight excluding hydrogens is 590 g/mol. The Morgan fingerprint density at radius 3 is 1.43 bits per heavy atom. The number of benzene rings is 5. The number of unbranched alkanes of at least 4 members (excludes halogenated alkanes) is 7. The van der Waals surface area contributed by atoms with Crippen LogP contribution in [0, 0.1) is 0 Å². The molecule has 0 radical (unpaired) electrons. The molecule has 0 bridgehead atoms. The number of carbonyl (C=O) groups excluding carboxylic acids is 4. The molecule has 5 aromatic carbocycles. The molecule has 0 atom stereocenters. The summed E-state index contributed by atoms with van der Waals surface area (Å²) in [5.74, 6) is -1.48. The summed E-state index contributed by atoms with van der Waals surface area (Å²) in [7, 11) is 0. The zero-order chi connectivity index (χ0) is 33.1. The van der Waals surface area contributed by atoms with Crippen LogP contribution in [0.15, 0.2) is 48.5 Å². The minimum absolute atomic E-state index is 0.258. The Labute approximate surface area is 275 Å².